The Balaban J connectivity index is 2.00. The molecule has 0 saturated heterocycles. The molecule has 1 amide bonds. The number of aromatic nitrogens is 2. The Labute approximate surface area is 130 Å². The van der Waals surface area contributed by atoms with Crippen molar-refractivity contribution in [2.45, 2.75) is 13.8 Å². The lowest BCUT2D eigenvalue weighted by atomic mass is 10.1. The summed E-state index contributed by atoms with van der Waals surface area (Å²) in [6.45, 7) is 3.15. The van der Waals surface area contributed by atoms with Gasteiger partial charge in [-0.2, -0.15) is 0 Å². The predicted molar refractivity (Wildman–Crippen MR) is 82.5 cm³/mol. The Hall–Kier alpha value is -3.16. The van der Waals surface area contributed by atoms with Crippen LogP contribution in [0.25, 0.3) is 0 Å². The van der Waals surface area contributed by atoms with Crippen LogP contribution in [-0.2, 0) is 9.53 Å². The molecule has 3 N–H and O–H groups in total. The number of rotatable bonds is 4. The van der Waals surface area contributed by atoms with Gasteiger partial charge >= 0.3 is 11.7 Å². The van der Waals surface area contributed by atoms with Crippen LogP contribution in [0.2, 0.25) is 0 Å². The minimum Gasteiger partial charge on any atom is -0.451 e. The highest BCUT2D eigenvalue weighted by atomic mass is 16.5. The topological polar surface area (TPSA) is 121 Å². The predicted octanol–water partition coefficient (Wildman–Crippen LogP) is 0.476. The number of benzene rings is 1. The lowest BCUT2D eigenvalue weighted by Crippen LogP contribution is -2.27. The highest BCUT2D eigenvalue weighted by molar-refractivity contribution is 5.95. The molecule has 0 saturated carbocycles. The van der Waals surface area contributed by atoms with E-state index in [2.05, 4.69) is 10.3 Å². The van der Waals surface area contributed by atoms with Crippen molar-refractivity contribution in [1.82, 2.24) is 9.97 Å². The van der Waals surface area contributed by atoms with Gasteiger partial charge in [0.25, 0.3) is 11.5 Å². The molecular weight excluding hydrogens is 302 g/mol. The molecule has 1 aromatic carbocycles. The molecule has 8 heteroatoms. The second-order valence-electron chi connectivity index (χ2n) is 4.89. The van der Waals surface area contributed by atoms with Gasteiger partial charge in [0.15, 0.2) is 6.61 Å². The maximum Gasteiger partial charge on any atom is 0.355 e. The van der Waals surface area contributed by atoms with Gasteiger partial charge in [0, 0.05) is 11.8 Å². The van der Waals surface area contributed by atoms with Crippen LogP contribution in [0.4, 0.5) is 5.69 Å². The van der Waals surface area contributed by atoms with Crippen LogP contribution in [0.5, 0.6) is 0 Å². The lowest BCUT2D eigenvalue weighted by molar-refractivity contribution is -0.119. The second kappa shape index (κ2) is 6.73. The van der Waals surface area contributed by atoms with Gasteiger partial charge in [-0.15, -0.1) is 0 Å². The fraction of sp³-hybridized carbons (Fsp3) is 0.200. The van der Waals surface area contributed by atoms with Crippen LogP contribution in [0.1, 0.15) is 21.6 Å². The average molecular weight is 317 g/mol. The number of aryl methyl sites for hydroxylation is 2. The van der Waals surface area contributed by atoms with Crippen LogP contribution >= 0.6 is 0 Å². The molecule has 0 atom stereocenters. The largest absolute Gasteiger partial charge is 0.451 e. The van der Waals surface area contributed by atoms with E-state index in [1.807, 2.05) is 37.0 Å². The van der Waals surface area contributed by atoms with Gasteiger partial charge in [-0.3, -0.25) is 14.6 Å². The van der Waals surface area contributed by atoms with E-state index in [0.29, 0.717) is 5.69 Å². The van der Waals surface area contributed by atoms with Crippen molar-refractivity contribution in [3.8, 4) is 0 Å². The number of hydrogen-bond donors (Lipinski definition) is 3. The van der Waals surface area contributed by atoms with Crippen molar-refractivity contribution >= 4 is 17.6 Å². The van der Waals surface area contributed by atoms with Gasteiger partial charge in [-0.1, -0.05) is 18.2 Å². The SMILES string of the molecule is Cc1cccc(C)c1NC(=O)COC(=O)c1cc(=O)[nH]c(=O)[nH]1. The molecule has 0 unspecified atom stereocenters. The molecule has 0 aliphatic rings. The van der Waals surface area contributed by atoms with E-state index in [1.54, 1.807) is 0 Å². The van der Waals surface area contributed by atoms with Crippen LogP contribution in [-0.4, -0.2) is 28.5 Å². The monoisotopic (exact) mass is 317 g/mol. The molecule has 23 heavy (non-hydrogen) atoms. The average Bonchev–Trinajstić information content (AvgIpc) is 2.47. The van der Waals surface area contributed by atoms with Crippen LogP contribution in [0.3, 0.4) is 0 Å². The van der Waals surface area contributed by atoms with E-state index < -0.39 is 29.7 Å². The van der Waals surface area contributed by atoms with Crippen LogP contribution in [0.15, 0.2) is 33.9 Å². The normalized spacial score (nSPS) is 10.2. The van der Waals surface area contributed by atoms with E-state index in [0.717, 1.165) is 17.2 Å². The summed E-state index contributed by atoms with van der Waals surface area (Å²) in [5.74, 6) is -1.49. The first-order chi connectivity index (χ1) is 10.9. The fourth-order valence-electron chi connectivity index (χ4n) is 1.97. The zero-order chi connectivity index (χ0) is 17.0. The molecule has 0 fully saturated rings. The highest BCUT2D eigenvalue weighted by Crippen LogP contribution is 2.19. The molecule has 0 bridgehead atoms. The number of para-hydroxylation sites is 1. The number of hydrogen-bond acceptors (Lipinski definition) is 5. The molecular formula is C15H15N3O5. The number of carbonyl (C=O) groups is 2. The van der Waals surface area contributed by atoms with Gasteiger partial charge in [0.1, 0.15) is 5.69 Å². The maximum absolute atomic E-state index is 11.9. The molecule has 0 spiro atoms. The molecule has 2 rings (SSSR count). The fourth-order valence-corrected chi connectivity index (χ4v) is 1.97. The zero-order valence-electron chi connectivity index (χ0n) is 12.6. The number of H-pyrrole nitrogens is 2. The Morgan fingerprint density at radius 3 is 2.39 bits per heavy atom. The Morgan fingerprint density at radius 1 is 1.13 bits per heavy atom. The van der Waals surface area contributed by atoms with Crippen molar-refractivity contribution in [1.29, 1.82) is 0 Å². The van der Waals surface area contributed by atoms with Crippen molar-refractivity contribution in [2.24, 2.45) is 0 Å². The second-order valence-corrected chi connectivity index (χ2v) is 4.89. The summed E-state index contributed by atoms with van der Waals surface area (Å²) in [7, 11) is 0. The Morgan fingerprint density at radius 2 is 1.78 bits per heavy atom. The van der Waals surface area contributed by atoms with E-state index in [9.17, 15) is 19.2 Å². The number of anilines is 1. The summed E-state index contributed by atoms with van der Waals surface area (Å²) < 4.78 is 4.78. The number of esters is 1. The third kappa shape index (κ3) is 4.16. The number of ether oxygens (including phenoxy) is 1. The molecule has 120 valence electrons. The van der Waals surface area contributed by atoms with E-state index >= 15 is 0 Å². The minimum absolute atomic E-state index is 0.321. The summed E-state index contributed by atoms with van der Waals surface area (Å²) in [6.07, 6.45) is 0. The standard InChI is InChI=1S/C15H15N3O5/c1-8-4-3-5-9(2)13(8)17-12(20)7-23-14(21)10-6-11(19)18-15(22)16-10/h3-6H,7H2,1-2H3,(H,17,20)(H2,16,18,19,22). The van der Waals surface area contributed by atoms with E-state index in [4.69, 9.17) is 4.74 Å². The first kappa shape index (κ1) is 16.2. The summed E-state index contributed by atoms with van der Waals surface area (Å²) in [6, 6.07) is 6.43. The number of nitrogens with one attached hydrogen (secondary N) is 3. The summed E-state index contributed by atoms with van der Waals surface area (Å²) >= 11 is 0. The zero-order valence-corrected chi connectivity index (χ0v) is 12.6. The molecule has 1 heterocycles. The Bertz CT molecular complexity index is 817. The van der Waals surface area contributed by atoms with Gasteiger partial charge in [-0.05, 0) is 25.0 Å². The van der Waals surface area contributed by atoms with Crippen LogP contribution in [0, 0.1) is 13.8 Å². The van der Waals surface area contributed by atoms with Crippen molar-refractivity contribution in [3.05, 3.63) is 61.9 Å². The number of amides is 1. The molecule has 1 aromatic heterocycles. The third-order valence-electron chi connectivity index (χ3n) is 3.06. The van der Waals surface area contributed by atoms with E-state index in [1.165, 1.54) is 0 Å². The first-order valence-electron chi connectivity index (χ1n) is 6.73. The smallest absolute Gasteiger partial charge is 0.355 e. The summed E-state index contributed by atoms with van der Waals surface area (Å²) in [5.41, 5.74) is 0.522. The van der Waals surface area contributed by atoms with Gasteiger partial charge < -0.3 is 15.0 Å². The summed E-state index contributed by atoms with van der Waals surface area (Å²) in [4.78, 5) is 49.8. The molecule has 0 aliphatic carbocycles. The first-order valence-corrected chi connectivity index (χ1v) is 6.73. The van der Waals surface area contributed by atoms with Gasteiger partial charge in [0.2, 0.25) is 0 Å². The minimum atomic E-state index is -0.968. The van der Waals surface area contributed by atoms with Crippen molar-refractivity contribution < 1.29 is 14.3 Å². The van der Waals surface area contributed by atoms with E-state index in [-0.39, 0.29) is 5.69 Å². The maximum atomic E-state index is 11.9. The Kier molecular flexibility index (Phi) is 4.75. The third-order valence-corrected chi connectivity index (χ3v) is 3.06. The highest BCUT2D eigenvalue weighted by Gasteiger charge is 2.13. The van der Waals surface area contributed by atoms with Crippen molar-refractivity contribution in [3.63, 3.8) is 0 Å². The van der Waals surface area contributed by atoms with Crippen LogP contribution < -0.4 is 16.6 Å². The van der Waals surface area contributed by atoms with Gasteiger partial charge in [-0.25, -0.2) is 9.59 Å². The number of carbonyl (C=O) groups excluding carboxylic acids is 2. The quantitative estimate of drug-likeness (QED) is 0.708. The number of aromatic amines is 2. The molecule has 2 aromatic rings. The molecule has 0 radical (unpaired) electrons. The molecule has 8 nitrogen and oxygen atoms in total. The summed E-state index contributed by atoms with van der Waals surface area (Å²) in [5, 5.41) is 2.65. The van der Waals surface area contributed by atoms with Gasteiger partial charge in [0.05, 0.1) is 0 Å². The van der Waals surface area contributed by atoms with Crippen molar-refractivity contribution in [2.75, 3.05) is 11.9 Å². The lowest BCUT2D eigenvalue weighted by Gasteiger charge is -2.11. The molecule has 0 aliphatic heterocycles.